The summed E-state index contributed by atoms with van der Waals surface area (Å²) in [4.78, 5) is 20.4. The number of thiophene rings is 1. The van der Waals surface area contributed by atoms with Crippen LogP contribution in [0.5, 0.6) is 0 Å². The van der Waals surface area contributed by atoms with Gasteiger partial charge in [0.2, 0.25) is 5.91 Å². The van der Waals surface area contributed by atoms with E-state index in [1.54, 1.807) is 17.6 Å². The molecule has 136 valence electrons. The molecule has 1 aliphatic heterocycles. The van der Waals surface area contributed by atoms with Crippen molar-refractivity contribution in [1.82, 2.24) is 19.8 Å². The zero-order valence-corrected chi connectivity index (χ0v) is 15.5. The van der Waals surface area contributed by atoms with Gasteiger partial charge in [-0.2, -0.15) is 0 Å². The highest BCUT2D eigenvalue weighted by molar-refractivity contribution is 7.09. The Labute approximate surface area is 156 Å². The van der Waals surface area contributed by atoms with Crippen LogP contribution in [0, 0.1) is 0 Å². The second-order valence-electron chi connectivity index (χ2n) is 6.54. The molecule has 0 spiro atoms. The van der Waals surface area contributed by atoms with Gasteiger partial charge in [-0.05, 0) is 30.5 Å². The highest BCUT2D eigenvalue weighted by Crippen LogP contribution is 2.26. The molecule has 4 heterocycles. The van der Waals surface area contributed by atoms with Crippen LogP contribution in [-0.2, 0) is 30.8 Å². The SMILES string of the molecule is CC1c2nc(CC(=O)NCc3cccs3)cn2CCN1Cc1ccco1. The van der Waals surface area contributed by atoms with Gasteiger partial charge in [0.25, 0.3) is 0 Å². The Hall–Kier alpha value is -2.38. The minimum Gasteiger partial charge on any atom is -0.468 e. The highest BCUT2D eigenvalue weighted by atomic mass is 32.1. The third-order valence-corrected chi connectivity index (χ3v) is 5.60. The summed E-state index contributed by atoms with van der Waals surface area (Å²) < 4.78 is 7.64. The molecule has 3 aromatic rings. The topological polar surface area (TPSA) is 63.3 Å². The molecule has 6 nitrogen and oxygen atoms in total. The smallest absolute Gasteiger partial charge is 0.226 e. The van der Waals surface area contributed by atoms with Crippen LogP contribution in [0.1, 0.15) is 35.1 Å². The maximum absolute atomic E-state index is 12.2. The molecule has 26 heavy (non-hydrogen) atoms. The van der Waals surface area contributed by atoms with Gasteiger partial charge in [-0.25, -0.2) is 4.98 Å². The summed E-state index contributed by atoms with van der Waals surface area (Å²) in [6.45, 7) is 5.33. The van der Waals surface area contributed by atoms with Gasteiger partial charge in [0.15, 0.2) is 0 Å². The maximum atomic E-state index is 12.2. The van der Waals surface area contributed by atoms with E-state index in [1.807, 2.05) is 35.8 Å². The Morgan fingerprint density at radius 2 is 2.31 bits per heavy atom. The van der Waals surface area contributed by atoms with Gasteiger partial charge in [0.1, 0.15) is 11.6 Å². The molecule has 1 N–H and O–H groups in total. The fourth-order valence-corrected chi connectivity index (χ4v) is 3.97. The number of imidazole rings is 1. The summed E-state index contributed by atoms with van der Waals surface area (Å²) in [5.41, 5.74) is 0.829. The molecule has 0 saturated carbocycles. The van der Waals surface area contributed by atoms with Crippen molar-refractivity contribution in [2.24, 2.45) is 0 Å². The van der Waals surface area contributed by atoms with E-state index in [4.69, 9.17) is 9.40 Å². The summed E-state index contributed by atoms with van der Waals surface area (Å²) in [6.07, 6.45) is 4.04. The number of rotatable bonds is 6. The van der Waals surface area contributed by atoms with Gasteiger partial charge in [-0.1, -0.05) is 6.07 Å². The molecule has 0 aromatic carbocycles. The van der Waals surface area contributed by atoms with Gasteiger partial charge in [0, 0.05) is 24.2 Å². The number of hydrogen-bond acceptors (Lipinski definition) is 5. The molecule has 4 rings (SSSR count). The first kappa shape index (κ1) is 17.1. The number of nitrogens with one attached hydrogen (secondary N) is 1. The summed E-state index contributed by atoms with van der Waals surface area (Å²) in [5.74, 6) is 1.99. The van der Waals surface area contributed by atoms with Crippen molar-refractivity contribution < 1.29 is 9.21 Å². The lowest BCUT2D eigenvalue weighted by atomic mass is 10.2. The summed E-state index contributed by atoms with van der Waals surface area (Å²) in [6, 6.07) is 8.12. The molecule has 0 bridgehead atoms. The number of carbonyl (C=O) groups is 1. The molecule has 3 aromatic heterocycles. The van der Waals surface area contributed by atoms with E-state index in [2.05, 4.69) is 21.7 Å². The fraction of sp³-hybridized carbons (Fsp3) is 0.368. The number of amides is 1. The first-order chi connectivity index (χ1) is 12.7. The van der Waals surface area contributed by atoms with E-state index in [0.29, 0.717) is 13.0 Å². The normalized spacial score (nSPS) is 17.2. The van der Waals surface area contributed by atoms with Gasteiger partial charge in [-0.3, -0.25) is 9.69 Å². The van der Waals surface area contributed by atoms with Gasteiger partial charge >= 0.3 is 0 Å². The average molecular weight is 370 g/mol. The predicted molar refractivity (Wildman–Crippen MR) is 99.6 cm³/mol. The van der Waals surface area contributed by atoms with Crippen LogP contribution in [0.4, 0.5) is 0 Å². The molecule has 7 heteroatoms. The molecule has 1 amide bonds. The molecular formula is C19H22N4O2S. The summed E-state index contributed by atoms with van der Waals surface area (Å²) in [7, 11) is 0. The van der Waals surface area contributed by atoms with Crippen molar-refractivity contribution in [3.8, 4) is 0 Å². The van der Waals surface area contributed by atoms with E-state index in [-0.39, 0.29) is 11.9 Å². The zero-order chi connectivity index (χ0) is 17.9. The van der Waals surface area contributed by atoms with Crippen LogP contribution in [-0.4, -0.2) is 26.9 Å². The minimum atomic E-state index is 0.00828. The standard InChI is InChI=1S/C19H22N4O2S/c1-14-19-21-15(10-18(24)20-11-17-5-3-9-26-17)12-23(19)7-6-22(14)13-16-4-2-8-25-16/h2-5,8-9,12,14H,6-7,10-11,13H2,1H3,(H,20,24). The second kappa shape index (κ2) is 7.47. The number of carbonyl (C=O) groups excluding carboxylic acids is 1. The number of aromatic nitrogens is 2. The first-order valence-electron chi connectivity index (χ1n) is 8.80. The molecule has 1 unspecified atom stereocenters. The van der Waals surface area contributed by atoms with Gasteiger partial charge < -0.3 is 14.3 Å². The molecule has 0 radical (unpaired) electrons. The second-order valence-corrected chi connectivity index (χ2v) is 7.57. The monoisotopic (exact) mass is 370 g/mol. The Balaban J connectivity index is 1.38. The highest BCUT2D eigenvalue weighted by Gasteiger charge is 2.27. The van der Waals surface area contributed by atoms with E-state index in [1.165, 1.54) is 0 Å². The molecule has 0 fully saturated rings. The lowest BCUT2D eigenvalue weighted by Gasteiger charge is -2.32. The Morgan fingerprint density at radius 3 is 3.08 bits per heavy atom. The molecule has 0 saturated heterocycles. The van der Waals surface area contributed by atoms with Crippen LogP contribution < -0.4 is 5.32 Å². The molecule has 0 aliphatic carbocycles. The van der Waals surface area contributed by atoms with Gasteiger partial charge in [0.05, 0.1) is 37.5 Å². The number of fused-ring (bicyclic) bond motifs is 1. The van der Waals surface area contributed by atoms with Crippen molar-refractivity contribution in [2.75, 3.05) is 6.54 Å². The Kier molecular flexibility index (Phi) is 4.90. The van der Waals surface area contributed by atoms with Crippen LogP contribution in [0.25, 0.3) is 0 Å². The van der Waals surface area contributed by atoms with E-state index >= 15 is 0 Å². The number of hydrogen-bond donors (Lipinski definition) is 1. The largest absolute Gasteiger partial charge is 0.468 e. The fourth-order valence-electron chi connectivity index (χ4n) is 3.32. The van der Waals surface area contributed by atoms with E-state index < -0.39 is 0 Å². The van der Waals surface area contributed by atoms with Crippen LogP contribution >= 0.6 is 11.3 Å². The number of furan rings is 1. The predicted octanol–water partition coefficient (Wildman–Crippen LogP) is 2.97. The molecule has 1 aliphatic rings. The van der Waals surface area contributed by atoms with Crippen molar-refractivity contribution in [2.45, 2.75) is 39.0 Å². The third kappa shape index (κ3) is 3.73. The Morgan fingerprint density at radius 1 is 1.38 bits per heavy atom. The zero-order valence-electron chi connectivity index (χ0n) is 14.7. The van der Waals surface area contributed by atoms with Crippen molar-refractivity contribution >= 4 is 17.2 Å². The minimum absolute atomic E-state index is 0.00828. The number of nitrogens with zero attached hydrogens (tertiary/aromatic N) is 3. The lowest BCUT2D eigenvalue weighted by molar-refractivity contribution is -0.120. The maximum Gasteiger partial charge on any atom is 0.226 e. The van der Waals surface area contributed by atoms with Crippen LogP contribution in [0.15, 0.2) is 46.5 Å². The first-order valence-corrected chi connectivity index (χ1v) is 9.68. The van der Waals surface area contributed by atoms with E-state index in [9.17, 15) is 4.79 Å². The van der Waals surface area contributed by atoms with Gasteiger partial charge in [-0.15, -0.1) is 11.3 Å². The van der Waals surface area contributed by atoms with Crippen LogP contribution in [0.2, 0.25) is 0 Å². The average Bonchev–Trinajstić information content (AvgIpc) is 3.37. The molecular weight excluding hydrogens is 348 g/mol. The quantitative estimate of drug-likeness (QED) is 0.725. The molecule has 1 atom stereocenters. The third-order valence-electron chi connectivity index (χ3n) is 4.73. The van der Waals surface area contributed by atoms with Crippen molar-refractivity contribution in [3.05, 3.63) is 64.3 Å². The van der Waals surface area contributed by atoms with Crippen molar-refractivity contribution in [3.63, 3.8) is 0 Å². The van der Waals surface area contributed by atoms with E-state index in [0.717, 1.165) is 41.8 Å². The van der Waals surface area contributed by atoms with Crippen LogP contribution in [0.3, 0.4) is 0 Å². The van der Waals surface area contributed by atoms with Crippen molar-refractivity contribution in [1.29, 1.82) is 0 Å². The lowest BCUT2D eigenvalue weighted by Crippen LogP contribution is -2.36. The Bertz CT molecular complexity index is 854. The summed E-state index contributed by atoms with van der Waals surface area (Å²) >= 11 is 1.65. The summed E-state index contributed by atoms with van der Waals surface area (Å²) in [5, 5.41) is 4.98.